The molecule has 0 saturated heterocycles. The third kappa shape index (κ3) is 9.26. The second-order valence-corrected chi connectivity index (χ2v) is 9.19. The summed E-state index contributed by atoms with van der Waals surface area (Å²) in [5.41, 5.74) is 6.42. The second-order valence-electron chi connectivity index (χ2n) is 9.19. The Kier molecular flexibility index (Phi) is 11.7. The van der Waals surface area contributed by atoms with Crippen molar-refractivity contribution in [2.75, 3.05) is 39.3 Å². The molecular weight excluding hydrogens is 540 g/mol. The summed E-state index contributed by atoms with van der Waals surface area (Å²) < 4.78 is 21.8. The Hall–Kier alpha value is -5.06. The SMILES string of the molecule is CCOc1cc(/C=N\NC(=O)C(=O)NCCc2ccc(OC)c(OC)c2)ccc1OCC(=O)Nc1cc(C)ccc1C. The van der Waals surface area contributed by atoms with E-state index >= 15 is 0 Å². The Morgan fingerprint density at radius 1 is 0.833 bits per heavy atom. The van der Waals surface area contributed by atoms with Gasteiger partial charge in [-0.05, 0) is 85.8 Å². The van der Waals surface area contributed by atoms with Gasteiger partial charge in [-0.3, -0.25) is 14.4 Å². The third-order valence-electron chi connectivity index (χ3n) is 6.03. The normalized spacial score (nSPS) is 10.6. The second kappa shape index (κ2) is 15.7. The van der Waals surface area contributed by atoms with Gasteiger partial charge in [-0.2, -0.15) is 5.10 Å². The summed E-state index contributed by atoms with van der Waals surface area (Å²) in [5, 5.41) is 9.27. The number of methoxy groups -OCH3 is 2. The van der Waals surface area contributed by atoms with E-state index in [-0.39, 0.29) is 19.1 Å². The summed E-state index contributed by atoms with van der Waals surface area (Å²) in [6.07, 6.45) is 1.86. The summed E-state index contributed by atoms with van der Waals surface area (Å²) in [5.74, 6) is -0.0535. The van der Waals surface area contributed by atoms with Crippen molar-refractivity contribution in [1.29, 1.82) is 0 Å². The van der Waals surface area contributed by atoms with Gasteiger partial charge < -0.3 is 29.6 Å². The van der Waals surface area contributed by atoms with E-state index in [1.54, 1.807) is 38.5 Å². The van der Waals surface area contributed by atoms with Crippen LogP contribution >= 0.6 is 0 Å². The highest BCUT2D eigenvalue weighted by atomic mass is 16.5. The number of amides is 3. The maximum absolute atomic E-state index is 12.5. The quantitative estimate of drug-likeness (QED) is 0.161. The van der Waals surface area contributed by atoms with Crippen molar-refractivity contribution in [3.63, 3.8) is 0 Å². The number of nitrogens with zero attached hydrogens (tertiary/aromatic N) is 1. The van der Waals surface area contributed by atoms with E-state index in [0.29, 0.717) is 41.6 Å². The molecule has 0 fully saturated rings. The van der Waals surface area contributed by atoms with Crippen LogP contribution in [0, 0.1) is 13.8 Å². The molecule has 222 valence electrons. The first-order valence-electron chi connectivity index (χ1n) is 13.3. The molecule has 3 aromatic carbocycles. The zero-order chi connectivity index (χ0) is 30.5. The van der Waals surface area contributed by atoms with Crippen LogP contribution in [0.15, 0.2) is 59.7 Å². The summed E-state index contributed by atoms with van der Waals surface area (Å²) in [6, 6.07) is 16.2. The summed E-state index contributed by atoms with van der Waals surface area (Å²) in [4.78, 5) is 36.7. The fraction of sp³-hybridized carbons (Fsp3) is 0.290. The van der Waals surface area contributed by atoms with Gasteiger partial charge in [-0.1, -0.05) is 18.2 Å². The van der Waals surface area contributed by atoms with E-state index < -0.39 is 11.8 Å². The van der Waals surface area contributed by atoms with Crippen LogP contribution in [0.2, 0.25) is 0 Å². The van der Waals surface area contributed by atoms with Gasteiger partial charge in [0, 0.05) is 12.2 Å². The number of ether oxygens (including phenoxy) is 4. The molecule has 0 atom stereocenters. The van der Waals surface area contributed by atoms with Gasteiger partial charge in [0.05, 0.1) is 27.0 Å². The van der Waals surface area contributed by atoms with Crippen LogP contribution < -0.4 is 35.0 Å². The molecule has 0 radical (unpaired) electrons. The Balaban J connectivity index is 1.49. The minimum Gasteiger partial charge on any atom is -0.493 e. The van der Waals surface area contributed by atoms with Gasteiger partial charge in [0.1, 0.15) is 0 Å². The average molecular weight is 577 g/mol. The minimum absolute atomic E-state index is 0.210. The zero-order valence-electron chi connectivity index (χ0n) is 24.4. The lowest BCUT2D eigenvalue weighted by atomic mass is 10.1. The van der Waals surface area contributed by atoms with E-state index in [2.05, 4.69) is 21.2 Å². The largest absolute Gasteiger partial charge is 0.493 e. The fourth-order valence-electron chi connectivity index (χ4n) is 3.85. The molecule has 11 nitrogen and oxygen atoms in total. The van der Waals surface area contributed by atoms with Crippen LogP contribution in [-0.4, -0.2) is 57.9 Å². The highest BCUT2D eigenvalue weighted by molar-refractivity contribution is 6.35. The van der Waals surface area contributed by atoms with Crippen LogP contribution in [0.1, 0.15) is 29.2 Å². The molecule has 0 aromatic heterocycles. The molecule has 0 saturated carbocycles. The molecule has 3 rings (SSSR count). The minimum atomic E-state index is -0.904. The standard InChI is InChI=1S/C31H36N4O7/c1-6-41-28-17-23(10-12-26(28)42-19-29(36)34-24-15-20(2)7-8-21(24)3)18-33-35-31(38)30(37)32-14-13-22-9-11-25(39-4)27(16-22)40-5/h7-12,15-18H,6,13-14,19H2,1-5H3,(H,32,37)(H,34,36)(H,35,38)/b33-18-. The van der Waals surface area contributed by atoms with Crippen molar-refractivity contribution in [3.8, 4) is 23.0 Å². The van der Waals surface area contributed by atoms with E-state index in [9.17, 15) is 14.4 Å². The lowest BCUT2D eigenvalue weighted by Gasteiger charge is -2.13. The van der Waals surface area contributed by atoms with E-state index in [1.165, 1.54) is 6.21 Å². The van der Waals surface area contributed by atoms with Gasteiger partial charge in [0.15, 0.2) is 29.6 Å². The number of rotatable bonds is 13. The molecule has 0 aliphatic heterocycles. The van der Waals surface area contributed by atoms with Crippen molar-refractivity contribution in [2.24, 2.45) is 5.10 Å². The van der Waals surface area contributed by atoms with Crippen LogP contribution in [-0.2, 0) is 20.8 Å². The van der Waals surface area contributed by atoms with Crippen LogP contribution in [0.25, 0.3) is 0 Å². The maximum Gasteiger partial charge on any atom is 0.329 e. The number of carbonyl (C=O) groups is 3. The topological polar surface area (TPSA) is 137 Å². The van der Waals surface area contributed by atoms with Crippen LogP contribution in [0.3, 0.4) is 0 Å². The molecule has 42 heavy (non-hydrogen) atoms. The molecule has 0 spiro atoms. The van der Waals surface area contributed by atoms with Crippen molar-refractivity contribution in [2.45, 2.75) is 27.2 Å². The highest BCUT2D eigenvalue weighted by Gasteiger charge is 2.13. The van der Waals surface area contributed by atoms with Crippen LogP contribution in [0.4, 0.5) is 5.69 Å². The molecule has 0 bridgehead atoms. The van der Waals surface area contributed by atoms with Gasteiger partial charge in [0.25, 0.3) is 5.91 Å². The molecule has 0 heterocycles. The molecule has 0 aliphatic carbocycles. The van der Waals surface area contributed by atoms with Gasteiger partial charge >= 0.3 is 11.8 Å². The van der Waals surface area contributed by atoms with Gasteiger partial charge in [0.2, 0.25) is 0 Å². The molecular formula is C31H36N4O7. The van der Waals surface area contributed by atoms with Crippen molar-refractivity contribution in [1.82, 2.24) is 10.7 Å². The van der Waals surface area contributed by atoms with E-state index in [1.807, 2.05) is 51.1 Å². The summed E-state index contributed by atoms with van der Waals surface area (Å²) in [6.45, 7) is 6.09. The monoisotopic (exact) mass is 576 g/mol. The Labute approximate surface area is 245 Å². The number of anilines is 1. The maximum atomic E-state index is 12.5. The molecule has 3 amide bonds. The number of hydrogen-bond acceptors (Lipinski definition) is 8. The first-order chi connectivity index (χ1) is 20.2. The highest BCUT2D eigenvalue weighted by Crippen LogP contribution is 2.29. The van der Waals surface area contributed by atoms with Gasteiger partial charge in [-0.25, -0.2) is 5.43 Å². The Morgan fingerprint density at radius 2 is 1.60 bits per heavy atom. The lowest BCUT2D eigenvalue weighted by Crippen LogP contribution is -2.38. The third-order valence-corrected chi connectivity index (χ3v) is 6.03. The number of carbonyl (C=O) groups excluding carboxylic acids is 3. The number of nitrogens with one attached hydrogen (secondary N) is 3. The fourth-order valence-corrected chi connectivity index (χ4v) is 3.85. The number of aryl methyl sites for hydroxylation is 2. The first kappa shape index (κ1) is 31.5. The summed E-state index contributed by atoms with van der Waals surface area (Å²) in [7, 11) is 3.10. The van der Waals surface area contributed by atoms with Crippen molar-refractivity contribution < 1.29 is 33.3 Å². The molecule has 0 aliphatic rings. The molecule has 3 aromatic rings. The van der Waals surface area contributed by atoms with E-state index in [4.69, 9.17) is 18.9 Å². The first-order valence-corrected chi connectivity index (χ1v) is 13.3. The predicted octanol–water partition coefficient (Wildman–Crippen LogP) is 3.55. The predicted molar refractivity (Wildman–Crippen MR) is 160 cm³/mol. The Morgan fingerprint density at radius 3 is 2.33 bits per heavy atom. The Bertz CT molecular complexity index is 1440. The number of benzene rings is 3. The van der Waals surface area contributed by atoms with Crippen LogP contribution in [0.5, 0.6) is 23.0 Å². The molecule has 0 unspecified atom stereocenters. The molecule has 11 heteroatoms. The van der Waals surface area contributed by atoms with Crippen molar-refractivity contribution >= 4 is 29.6 Å². The zero-order valence-corrected chi connectivity index (χ0v) is 24.4. The number of hydrazone groups is 1. The van der Waals surface area contributed by atoms with E-state index in [0.717, 1.165) is 22.4 Å². The van der Waals surface area contributed by atoms with Crippen molar-refractivity contribution in [3.05, 3.63) is 76.9 Å². The smallest absolute Gasteiger partial charge is 0.329 e. The number of hydrogen-bond donors (Lipinski definition) is 3. The summed E-state index contributed by atoms with van der Waals surface area (Å²) >= 11 is 0. The lowest BCUT2D eigenvalue weighted by molar-refractivity contribution is -0.139. The van der Waals surface area contributed by atoms with Gasteiger partial charge in [-0.15, -0.1) is 0 Å². The molecule has 3 N–H and O–H groups in total. The average Bonchev–Trinajstić information content (AvgIpc) is 2.98.